The SMILES string of the molecule is FC(F)(F)c1ccc(CN2CCOC(C3CCCO3)C2)cc1. The molecule has 2 heterocycles. The fourth-order valence-electron chi connectivity index (χ4n) is 3.05. The molecule has 0 saturated carbocycles. The summed E-state index contributed by atoms with van der Waals surface area (Å²) >= 11 is 0. The fraction of sp³-hybridized carbons (Fsp3) is 0.625. The first-order chi connectivity index (χ1) is 10.5. The lowest BCUT2D eigenvalue weighted by atomic mass is 10.1. The van der Waals surface area contributed by atoms with Crippen LogP contribution in [-0.2, 0) is 22.2 Å². The van der Waals surface area contributed by atoms with E-state index in [0.29, 0.717) is 13.2 Å². The minimum atomic E-state index is -4.28. The van der Waals surface area contributed by atoms with E-state index < -0.39 is 11.7 Å². The van der Waals surface area contributed by atoms with Gasteiger partial charge in [-0.1, -0.05) is 12.1 Å². The van der Waals surface area contributed by atoms with Gasteiger partial charge in [-0.15, -0.1) is 0 Å². The zero-order chi connectivity index (χ0) is 15.6. The largest absolute Gasteiger partial charge is 0.416 e. The van der Waals surface area contributed by atoms with Crippen LogP contribution in [0.15, 0.2) is 24.3 Å². The molecule has 3 rings (SSSR count). The Bertz CT molecular complexity index is 483. The van der Waals surface area contributed by atoms with Gasteiger partial charge in [-0.05, 0) is 30.5 Å². The summed E-state index contributed by atoms with van der Waals surface area (Å²) in [6, 6.07) is 5.40. The van der Waals surface area contributed by atoms with Crippen LogP contribution < -0.4 is 0 Å². The van der Waals surface area contributed by atoms with E-state index in [9.17, 15) is 13.2 Å². The van der Waals surface area contributed by atoms with Gasteiger partial charge >= 0.3 is 6.18 Å². The molecule has 22 heavy (non-hydrogen) atoms. The van der Waals surface area contributed by atoms with E-state index in [1.807, 2.05) is 0 Å². The van der Waals surface area contributed by atoms with E-state index in [1.54, 1.807) is 12.1 Å². The van der Waals surface area contributed by atoms with E-state index in [4.69, 9.17) is 9.47 Å². The molecule has 2 atom stereocenters. The van der Waals surface area contributed by atoms with Gasteiger partial charge in [-0.25, -0.2) is 0 Å². The second-order valence-electron chi connectivity index (χ2n) is 5.89. The Hall–Kier alpha value is -1.11. The highest BCUT2D eigenvalue weighted by Gasteiger charge is 2.32. The Morgan fingerprint density at radius 3 is 2.41 bits per heavy atom. The van der Waals surface area contributed by atoms with Crippen molar-refractivity contribution in [2.75, 3.05) is 26.3 Å². The number of hydrogen-bond donors (Lipinski definition) is 0. The molecule has 2 aliphatic heterocycles. The van der Waals surface area contributed by atoms with Crippen LogP contribution in [0.25, 0.3) is 0 Å². The smallest absolute Gasteiger partial charge is 0.375 e. The van der Waals surface area contributed by atoms with Gasteiger partial charge in [0.25, 0.3) is 0 Å². The van der Waals surface area contributed by atoms with Crippen molar-refractivity contribution in [3.8, 4) is 0 Å². The maximum atomic E-state index is 12.6. The molecule has 0 N–H and O–H groups in total. The van der Waals surface area contributed by atoms with Crippen LogP contribution in [0.5, 0.6) is 0 Å². The Balaban J connectivity index is 1.58. The lowest BCUT2D eigenvalue weighted by Gasteiger charge is -2.35. The van der Waals surface area contributed by atoms with Crippen LogP contribution in [-0.4, -0.2) is 43.4 Å². The molecule has 0 amide bonds. The number of benzene rings is 1. The van der Waals surface area contributed by atoms with Crippen LogP contribution >= 0.6 is 0 Å². The molecule has 2 saturated heterocycles. The van der Waals surface area contributed by atoms with Gasteiger partial charge in [0.15, 0.2) is 0 Å². The molecule has 0 spiro atoms. The van der Waals surface area contributed by atoms with Gasteiger partial charge < -0.3 is 9.47 Å². The van der Waals surface area contributed by atoms with Crippen LogP contribution in [0.4, 0.5) is 13.2 Å². The molecule has 6 heteroatoms. The highest BCUT2D eigenvalue weighted by molar-refractivity contribution is 5.24. The van der Waals surface area contributed by atoms with Gasteiger partial charge in [-0.2, -0.15) is 13.2 Å². The van der Waals surface area contributed by atoms with Gasteiger partial charge in [0.2, 0.25) is 0 Å². The Kier molecular flexibility index (Phi) is 4.70. The molecule has 2 fully saturated rings. The van der Waals surface area contributed by atoms with E-state index in [-0.39, 0.29) is 12.2 Å². The fourth-order valence-corrected chi connectivity index (χ4v) is 3.05. The zero-order valence-electron chi connectivity index (χ0n) is 12.3. The Labute approximate surface area is 128 Å². The summed E-state index contributed by atoms with van der Waals surface area (Å²) in [7, 11) is 0. The quantitative estimate of drug-likeness (QED) is 0.855. The molecule has 0 aromatic heterocycles. The van der Waals surface area contributed by atoms with E-state index in [2.05, 4.69) is 4.90 Å². The number of hydrogen-bond acceptors (Lipinski definition) is 3. The number of ether oxygens (including phenoxy) is 2. The maximum absolute atomic E-state index is 12.6. The van der Waals surface area contributed by atoms with Gasteiger partial charge in [0.1, 0.15) is 0 Å². The van der Waals surface area contributed by atoms with Crippen LogP contribution in [0.2, 0.25) is 0 Å². The van der Waals surface area contributed by atoms with Crippen molar-refractivity contribution in [3.05, 3.63) is 35.4 Å². The van der Waals surface area contributed by atoms with Crippen molar-refractivity contribution in [2.24, 2.45) is 0 Å². The average Bonchev–Trinajstić information content (AvgIpc) is 3.01. The zero-order valence-corrected chi connectivity index (χ0v) is 12.3. The second-order valence-corrected chi connectivity index (χ2v) is 5.89. The number of halogens is 3. The maximum Gasteiger partial charge on any atom is 0.416 e. The van der Waals surface area contributed by atoms with Crippen molar-refractivity contribution in [2.45, 2.75) is 37.8 Å². The van der Waals surface area contributed by atoms with E-state index >= 15 is 0 Å². The topological polar surface area (TPSA) is 21.7 Å². The second kappa shape index (κ2) is 6.56. The van der Waals surface area contributed by atoms with Crippen molar-refractivity contribution in [1.82, 2.24) is 4.90 Å². The van der Waals surface area contributed by atoms with Crippen molar-refractivity contribution in [1.29, 1.82) is 0 Å². The molecule has 2 unspecified atom stereocenters. The van der Waals surface area contributed by atoms with Crippen LogP contribution in [0.3, 0.4) is 0 Å². The minimum absolute atomic E-state index is 0.0747. The van der Waals surface area contributed by atoms with Crippen LogP contribution in [0, 0.1) is 0 Å². The summed E-state index contributed by atoms with van der Waals surface area (Å²) in [5, 5.41) is 0. The Morgan fingerprint density at radius 1 is 1.05 bits per heavy atom. The summed E-state index contributed by atoms with van der Waals surface area (Å²) < 4.78 is 49.1. The highest BCUT2D eigenvalue weighted by Crippen LogP contribution is 2.29. The predicted molar refractivity (Wildman–Crippen MR) is 75.4 cm³/mol. The molecule has 0 radical (unpaired) electrons. The normalized spacial score (nSPS) is 27.2. The summed E-state index contributed by atoms with van der Waals surface area (Å²) in [4.78, 5) is 2.22. The summed E-state index contributed by atoms with van der Waals surface area (Å²) in [5.41, 5.74) is 0.288. The lowest BCUT2D eigenvalue weighted by molar-refractivity contribution is -0.137. The molecule has 3 nitrogen and oxygen atoms in total. The number of morpholine rings is 1. The average molecular weight is 315 g/mol. The number of alkyl halides is 3. The standard InChI is InChI=1S/C16H20F3NO2/c17-16(18,19)13-5-3-12(4-6-13)10-20-7-9-22-15(11-20)14-2-1-8-21-14/h3-6,14-15H,1-2,7-11H2. The molecule has 1 aromatic carbocycles. The summed E-state index contributed by atoms with van der Waals surface area (Å²) in [5.74, 6) is 0. The van der Waals surface area contributed by atoms with Crippen molar-refractivity contribution < 1.29 is 22.6 Å². The first-order valence-corrected chi connectivity index (χ1v) is 7.64. The molecule has 1 aromatic rings. The molecular weight excluding hydrogens is 295 g/mol. The Morgan fingerprint density at radius 2 is 1.77 bits per heavy atom. The third-order valence-corrected chi connectivity index (χ3v) is 4.24. The third kappa shape index (κ3) is 3.80. The molecule has 2 aliphatic rings. The van der Waals surface area contributed by atoms with E-state index in [0.717, 1.165) is 50.2 Å². The number of nitrogens with zero attached hydrogens (tertiary/aromatic N) is 1. The molecule has 0 bridgehead atoms. The number of rotatable bonds is 3. The van der Waals surface area contributed by atoms with Gasteiger partial charge in [0.05, 0.1) is 24.4 Å². The van der Waals surface area contributed by atoms with Crippen molar-refractivity contribution >= 4 is 0 Å². The van der Waals surface area contributed by atoms with Gasteiger partial charge in [-0.3, -0.25) is 4.90 Å². The van der Waals surface area contributed by atoms with Gasteiger partial charge in [0, 0.05) is 26.2 Å². The first-order valence-electron chi connectivity index (χ1n) is 7.64. The highest BCUT2D eigenvalue weighted by atomic mass is 19.4. The third-order valence-electron chi connectivity index (χ3n) is 4.24. The first kappa shape index (κ1) is 15.8. The van der Waals surface area contributed by atoms with E-state index in [1.165, 1.54) is 0 Å². The van der Waals surface area contributed by atoms with Crippen LogP contribution in [0.1, 0.15) is 24.0 Å². The summed E-state index contributed by atoms with van der Waals surface area (Å²) in [6.45, 7) is 3.65. The monoisotopic (exact) mass is 315 g/mol. The van der Waals surface area contributed by atoms with Crippen molar-refractivity contribution in [3.63, 3.8) is 0 Å². The molecule has 122 valence electrons. The predicted octanol–water partition coefficient (Wildman–Crippen LogP) is 3.09. The molecule has 0 aliphatic carbocycles. The summed E-state index contributed by atoms with van der Waals surface area (Å²) in [6.07, 6.45) is -1.94. The minimum Gasteiger partial charge on any atom is -0.375 e. The molecular formula is C16H20F3NO2. The lowest BCUT2D eigenvalue weighted by Crippen LogP contribution is -2.47.